The fraction of sp³-hybridized carbons (Fsp3) is 0.133. The van der Waals surface area contributed by atoms with Crippen molar-refractivity contribution in [1.82, 2.24) is 10.3 Å². The van der Waals surface area contributed by atoms with Crippen LogP contribution in [-0.4, -0.2) is 28.5 Å². The van der Waals surface area contributed by atoms with Gasteiger partial charge in [-0.2, -0.15) is 0 Å². The molecule has 0 unspecified atom stereocenters. The van der Waals surface area contributed by atoms with Crippen LogP contribution in [0.3, 0.4) is 0 Å². The highest BCUT2D eigenvalue weighted by molar-refractivity contribution is 9.10. The summed E-state index contributed by atoms with van der Waals surface area (Å²) >= 11 is 3.12. The Balaban J connectivity index is 2.25. The molecule has 0 spiro atoms. The molecular weight excluding hydrogens is 419 g/mol. The Kier molecular flexibility index (Phi) is 5.98. The summed E-state index contributed by atoms with van der Waals surface area (Å²) < 4.78 is 48.7. The smallest absolute Gasteiger partial charge is 0.269 e. The second-order valence-electron chi connectivity index (χ2n) is 4.68. The van der Waals surface area contributed by atoms with Gasteiger partial charge in [0.1, 0.15) is 10.7 Å². The number of hydrazine groups is 1. The van der Waals surface area contributed by atoms with Gasteiger partial charge in [0.25, 0.3) is 15.9 Å². The van der Waals surface area contributed by atoms with E-state index in [1.165, 1.54) is 44.6 Å². The molecule has 134 valence electrons. The molecule has 0 aliphatic rings. The van der Waals surface area contributed by atoms with Crippen molar-refractivity contribution in [2.45, 2.75) is 4.90 Å². The third-order valence-electron chi connectivity index (χ3n) is 3.14. The van der Waals surface area contributed by atoms with Crippen LogP contribution in [0.2, 0.25) is 0 Å². The van der Waals surface area contributed by atoms with Crippen LogP contribution >= 0.6 is 15.9 Å². The first-order valence-corrected chi connectivity index (χ1v) is 9.06. The summed E-state index contributed by atoms with van der Waals surface area (Å²) in [5.41, 5.74) is 1.67. The van der Waals surface area contributed by atoms with E-state index in [0.717, 1.165) is 6.07 Å². The summed E-state index contributed by atoms with van der Waals surface area (Å²) in [5.74, 6) is -1.19. The summed E-state index contributed by atoms with van der Waals surface area (Å²) in [6.07, 6.45) is 0. The Morgan fingerprint density at radius 3 is 2.32 bits per heavy atom. The number of carbonyl (C=O) groups excluding carboxylic acids is 1. The maximum atomic E-state index is 13.6. The minimum atomic E-state index is -4.15. The molecule has 0 aromatic heterocycles. The maximum absolute atomic E-state index is 13.6. The summed E-state index contributed by atoms with van der Waals surface area (Å²) in [4.78, 5) is 13.6. The van der Waals surface area contributed by atoms with E-state index >= 15 is 0 Å². The zero-order chi connectivity index (χ0) is 18.6. The monoisotopic (exact) mass is 432 g/mol. The second kappa shape index (κ2) is 7.81. The zero-order valence-corrected chi connectivity index (χ0v) is 15.6. The molecule has 0 fully saturated rings. The van der Waals surface area contributed by atoms with Crippen LogP contribution in [0.5, 0.6) is 11.5 Å². The first-order chi connectivity index (χ1) is 11.8. The molecule has 10 heteroatoms. The fourth-order valence-electron chi connectivity index (χ4n) is 1.92. The summed E-state index contributed by atoms with van der Waals surface area (Å²) in [6.45, 7) is 0. The van der Waals surface area contributed by atoms with Gasteiger partial charge >= 0.3 is 0 Å². The molecule has 0 atom stereocenters. The highest BCUT2D eigenvalue weighted by Crippen LogP contribution is 2.35. The average Bonchev–Trinajstić information content (AvgIpc) is 2.59. The molecule has 7 nitrogen and oxygen atoms in total. The first-order valence-electron chi connectivity index (χ1n) is 6.78. The molecule has 1 amide bonds. The summed E-state index contributed by atoms with van der Waals surface area (Å²) in [6, 6.07) is 7.82. The number of hydrogen-bond donors (Lipinski definition) is 2. The minimum Gasteiger partial charge on any atom is -0.493 e. The molecule has 0 heterocycles. The van der Waals surface area contributed by atoms with Gasteiger partial charge < -0.3 is 9.47 Å². The van der Waals surface area contributed by atoms with Crippen molar-refractivity contribution in [3.63, 3.8) is 0 Å². The Bertz CT molecular complexity index is 905. The van der Waals surface area contributed by atoms with Crippen molar-refractivity contribution >= 4 is 31.9 Å². The van der Waals surface area contributed by atoms with Crippen molar-refractivity contribution in [1.29, 1.82) is 0 Å². The number of hydrogen-bond acceptors (Lipinski definition) is 5. The van der Waals surface area contributed by atoms with Crippen LogP contribution in [0.25, 0.3) is 0 Å². The van der Waals surface area contributed by atoms with Crippen LogP contribution in [0.4, 0.5) is 4.39 Å². The number of methoxy groups -OCH3 is 2. The van der Waals surface area contributed by atoms with E-state index in [2.05, 4.69) is 15.9 Å². The SMILES string of the molecule is COc1cc(Br)c(S(=O)(=O)NNC(=O)c2ccccc2F)cc1OC. The van der Waals surface area contributed by atoms with Gasteiger partial charge in [0.15, 0.2) is 11.5 Å². The molecule has 25 heavy (non-hydrogen) atoms. The van der Waals surface area contributed by atoms with E-state index in [0.29, 0.717) is 5.75 Å². The molecule has 0 aliphatic heterocycles. The topological polar surface area (TPSA) is 93.7 Å². The number of ether oxygens (including phenoxy) is 2. The molecular formula is C15H14BrFN2O5S. The Hall–Kier alpha value is -2.17. The number of rotatable bonds is 6. The number of nitrogens with one attached hydrogen (secondary N) is 2. The predicted octanol–water partition coefficient (Wildman–Crippen LogP) is 2.23. The van der Waals surface area contributed by atoms with Crippen molar-refractivity contribution in [3.05, 3.63) is 52.3 Å². The average molecular weight is 433 g/mol. The third-order valence-corrected chi connectivity index (χ3v) is 5.35. The fourth-order valence-corrected chi connectivity index (χ4v) is 3.80. The quantitative estimate of drug-likeness (QED) is 0.682. The van der Waals surface area contributed by atoms with Crippen LogP contribution in [0.1, 0.15) is 10.4 Å². The molecule has 2 N–H and O–H groups in total. The lowest BCUT2D eigenvalue weighted by Gasteiger charge is -2.13. The van der Waals surface area contributed by atoms with Gasteiger partial charge in [0, 0.05) is 10.5 Å². The van der Waals surface area contributed by atoms with Crippen LogP contribution < -0.4 is 19.7 Å². The van der Waals surface area contributed by atoms with Gasteiger partial charge in [-0.15, -0.1) is 4.83 Å². The van der Waals surface area contributed by atoms with E-state index in [4.69, 9.17) is 9.47 Å². The summed E-state index contributed by atoms with van der Waals surface area (Å²) in [7, 11) is -1.39. The summed E-state index contributed by atoms with van der Waals surface area (Å²) in [5, 5.41) is 0. The largest absolute Gasteiger partial charge is 0.493 e. The molecule has 0 aliphatic carbocycles. The lowest BCUT2D eigenvalue weighted by molar-refractivity contribution is 0.0941. The number of benzene rings is 2. The van der Waals surface area contributed by atoms with Crippen LogP contribution in [-0.2, 0) is 10.0 Å². The lowest BCUT2D eigenvalue weighted by atomic mass is 10.2. The van der Waals surface area contributed by atoms with Gasteiger partial charge in [-0.1, -0.05) is 12.1 Å². The van der Waals surface area contributed by atoms with E-state index in [1.54, 1.807) is 0 Å². The maximum Gasteiger partial charge on any atom is 0.269 e. The van der Waals surface area contributed by atoms with Gasteiger partial charge in [-0.05, 0) is 34.1 Å². The highest BCUT2D eigenvalue weighted by atomic mass is 79.9. The molecule has 2 rings (SSSR count). The van der Waals surface area contributed by atoms with E-state index in [-0.39, 0.29) is 20.7 Å². The van der Waals surface area contributed by atoms with Crippen LogP contribution in [0, 0.1) is 5.82 Å². The molecule has 0 radical (unpaired) electrons. The van der Waals surface area contributed by atoms with Crippen molar-refractivity contribution in [3.8, 4) is 11.5 Å². The van der Waals surface area contributed by atoms with Crippen molar-refractivity contribution in [2.75, 3.05) is 14.2 Å². The molecule has 0 saturated carbocycles. The molecule has 0 saturated heterocycles. The normalized spacial score (nSPS) is 11.0. The molecule has 0 bridgehead atoms. The molecule has 2 aromatic carbocycles. The van der Waals surface area contributed by atoms with Gasteiger partial charge in [0.2, 0.25) is 0 Å². The third kappa shape index (κ3) is 4.27. The molecule has 2 aromatic rings. The Labute approximate surface area is 152 Å². The minimum absolute atomic E-state index is 0.187. The Morgan fingerprint density at radius 1 is 1.12 bits per heavy atom. The highest BCUT2D eigenvalue weighted by Gasteiger charge is 2.22. The van der Waals surface area contributed by atoms with Gasteiger partial charge in [-0.3, -0.25) is 10.2 Å². The number of sulfonamides is 1. The number of carbonyl (C=O) groups is 1. The van der Waals surface area contributed by atoms with Crippen molar-refractivity contribution in [2.24, 2.45) is 0 Å². The second-order valence-corrected chi connectivity index (χ2v) is 7.18. The lowest BCUT2D eigenvalue weighted by Crippen LogP contribution is -2.42. The van der Waals surface area contributed by atoms with Crippen LogP contribution in [0.15, 0.2) is 45.8 Å². The zero-order valence-electron chi connectivity index (χ0n) is 13.2. The van der Waals surface area contributed by atoms with E-state index in [9.17, 15) is 17.6 Å². The van der Waals surface area contributed by atoms with Crippen molar-refractivity contribution < 1.29 is 27.1 Å². The standard InChI is InChI=1S/C15H14BrFN2O5S/c1-23-12-7-10(16)14(8-13(12)24-2)25(21,22)19-18-15(20)9-5-3-4-6-11(9)17/h3-8,19H,1-2H3,(H,18,20). The van der Waals surface area contributed by atoms with E-state index in [1.807, 2.05) is 10.3 Å². The number of halogens is 2. The predicted molar refractivity (Wildman–Crippen MR) is 91.4 cm³/mol. The number of amides is 1. The Morgan fingerprint density at radius 2 is 1.72 bits per heavy atom. The first kappa shape index (κ1) is 19.2. The van der Waals surface area contributed by atoms with Gasteiger partial charge in [0.05, 0.1) is 19.8 Å². The van der Waals surface area contributed by atoms with E-state index < -0.39 is 21.7 Å². The van der Waals surface area contributed by atoms with Gasteiger partial charge in [-0.25, -0.2) is 12.8 Å².